The van der Waals surface area contributed by atoms with E-state index in [1.807, 2.05) is 0 Å². The van der Waals surface area contributed by atoms with E-state index in [-0.39, 0.29) is 18.4 Å². The van der Waals surface area contributed by atoms with Crippen LogP contribution >= 0.6 is 0 Å². The first-order chi connectivity index (χ1) is 7.03. The van der Waals surface area contributed by atoms with Gasteiger partial charge in [0.05, 0.1) is 5.75 Å². The lowest BCUT2D eigenvalue weighted by atomic mass is 10.1. The Bertz CT molecular complexity index is 280. The van der Waals surface area contributed by atoms with Gasteiger partial charge in [-0.3, -0.25) is 4.90 Å². The van der Waals surface area contributed by atoms with Gasteiger partial charge < -0.3 is 15.0 Å². The largest absolute Gasteiger partial charge is 0.396 e. The molecule has 0 amide bonds. The summed E-state index contributed by atoms with van der Waals surface area (Å²) >= 11 is 4.45. The molecular formula is C8H18N2O3S2. The SMILES string of the molecule is O=S(O)(=S)CCN1CCNCC1CCO. The number of hydrogen-bond acceptors (Lipinski definition) is 5. The minimum Gasteiger partial charge on any atom is -0.396 e. The Labute approximate surface area is 95.3 Å². The molecule has 1 aliphatic rings. The molecule has 1 heterocycles. The van der Waals surface area contributed by atoms with Gasteiger partial charge in [-0.25, -0.2) is 4.21 Å². The van der Waals surface area contributed by atoms with Crippen LogP contribution in [0.5, 0.6) is 0 Å². The van der Waals surface area contributed by atoms with Gasteiger partial charge in [0.25, 0.3) is 0 Å². The first kappa shape index (κ1) is 13.3. The lowest BCUT2D eigenvalue weighted by molar-refractivity contribution is 0.137. The van der Waals surface area contributed by atoms with E-state index in [1.54, 1.807) is 0 Å². The molecule has 0 aliphatic carbocycles. The monoisotopic (exact) mass is 254 g/mol. The van der Waals surface area contributed by atoms with Crippen LogP contribution in [0.4, 0.5) is 0 Å². The number of rotatable bonds is 5. The van der Waals surface area contributed by atoms with Crippen LogP contribution in [-0.2, 0) is 20.0 Å². The molecule has 0 bridgehead atoms. The van der Waals surface area contributed by atoms with Gasteiger partial charge >= 0.3 is 0 Å². The number of piperazine rings is 1. The van der Waals surface area contributed by atoms with Gasteiger partial charge in [-0.2, -0.15) is 0 Å². The van der Waals surface area contributed by atoms with Crippen molar-refractivity contribution in [1.82, 2.24) is 10.2 Å². The Hall–Kier alpha value is 0.210. The fourth-order valence-corrected chi connectivity index (χ4v) is 2.45. The second-order valence-electron chi connectivity index (χ2n) is 3.69. The van der Waals surface area contributed by atoms with E-state index in [9.17, 15) is 4.21 Å². The molecule has 15 heavy (non-hydrogen) atoms. The minimum absolute atomic E-state index is 0.129. The van der Waals surface area contributed by atoms with Crippen molar-refractivity contribution in [1.29, 1.82) is 0 Å². The molecule has 1 aliphatic heterocycles. The summed E-state index contributed by atoms with van der Waals surface area (Å²) in [7, 11) is -3.05. The molecule has 90 valence electrons. The van der Waals surface area contributed by atoms with Crippen molar-refractivity contribution in [3.8, 4) is 0 Å². The fourth-order valence-electron chi connectivity index (χ4n) is 1.76. The van der Waals surface area contributed by atoms with E-state index in [2.05, 4.69) is 21.4 Å². The highest BCUT2D eigenvalue weighted by atomic mass is 32.8. The summed E-state index contributed by atoms with van der Waals surface area (Å²) in [6, 6.07) is 0.250. The van der Waals surface area contributed by atoms with Crippen LogP contribution in [0, 0.1) is 0 Å². The molecule has 7 heteroatoms. The van der Waals surface area contributed by atoms with Crippen molar-refractivity contribution in [3.05, 3.63) is 0 Å². The molecule has 5 nitrogen and oxygen atoms in total. The maximum atomic E-state index is 11.0. The molecule has 0 saturated carbocycles. The summed E-state index contributed by atoms with van der Waals surface area (Å²) in [5, 5.41) is 12.1. The zero-order chi connectivity index (χ0) is 11.3. The van der Waals surface area contributed by atoms with Crippen molar-refractivity contribution in [2.75, 3.05) is 38.5 Å². The van der Waals surface area contributed by atoms with Crippen LogP contribution in [0.25, 0.3) is 0 Å². The number of nitrogens with one attached hydrogen (secondary N) is 1. The van der Waals surface area contributed by atoms with E-state index in [0.717, 1.165) is 19.6 Å². The van der Waals surface area contributed by atoms with E-state index in [0.29, 0.717) is 13.0 Å². The Balaban J connectivity index is 2.42. The first-order valence-corrected chi connectivity index (χ1v) is 7.64. The topological polar surface area (TPSA) is 72.8 Å². The van der Waals surface area contributed by atoms with Crippen molar-refractivity contribution < 1.29 is 13.9 Å². The third kappa shape index (κ3) is 5.19. The van der Waals surface area contributed by atoms with Crippen LogP contribution in [0.3, 0.4) is 0 Å². The predicted molar refractivity (Wildman–Crippen MR) is 62.9 cm³/mol. The van der Waals surface area contributed by atoms with Crippen LogP contribution in [0.2, 0.25) is 0 Å². The quantitative estimate of drug-likeness (QED) is 0.576. The zero-order valence-corrected chi connectivity index (χ0v) is 10.2. The van der Waals surface area contributed by atoms with Crippen molar-refractivity contribution in [3.63, 3.8) is 0 Å². The summed E-state index contributed by atoms with van der Waals surface area (Å²) in [5.74, 6) is 0.129. The van der Waals surface area contributed by atoms with Gasteiger partial charge in [-0.05, 0) is 6.42 Å². The smallest absolute Gasteiger partial charge is 0.142 e. The second kappa shape index (κ2) is 6.07. The summed E-state index contributed by atoms with van der Waals surface area (Å²) < 4.78 is 20.0. The van der Waals surface area contributed by atoms with Crippen molar-refractivity contribution >= 4 is 20.0 Å². The number of hydrogen-bond donors (Lipinski definition) is 3. The van der Waals surface area contributed by atoms with Gasteiger partial charge in [-0.1, -0.05) is 0 Å². The lowest BCUT2D eigenvalue weighted by Crippen LogP contribution is -2.52. The Morgan fingerprint density at radius 3 is 2.93 bits per heavy atom. The van der Waals surface area contributed by atoms with Gasteiger partial charge in [0.1, 0.15) is 8.77 Å². The van der Waals surface area contributed by atoms with Crippen molar-refractivity contribution in [2.45, 2.75) is 12.5 Å². The first-order valence-electron chi connectivity index (χ1n) is 5.04. The zero-order valence-electron chi connectivity index (χ0n) is 8.59. The van der Waals surface area contributed by atoms with Crippen LogP contribution in [-0.4, -0.2) is 63.3 Å². The average Bonchev–Trinajstić information content (AvgIpc) is 2.16. The molecule has 1 rings (SSSR count). The minimum atomic E-state index is -3.05. The Kier molecular flexibility index (Phi) is 5.37. The molecule has 1 fully saturated rings. The van der Waals surface area contributed by atoms with E-state index >= 15 is 0 Å². The van der Waals surface area contributed by atoms with Gasteiger partial charge in [0.2, 0.25) is 0 Å². The molecule has 3 N–H and O–H groups in total. The molecule has 1 saturated heterocycles. The number of nitrogens with zero attached hydrogens (tertiary/aromatic N) is 1. The summed E-state index contributed by atoms with van der Waals surface area (Å²) in [6.07, 6.45) is 0.692. The molecular weight excluding hydrogens is 236 g/mol. The van der Waals surface area contributed by atoms with Gasteiger partial charge in [0, 0.05) is 50.0 Å². The standard InChI is InChI=1S/C8H18N2O3S2/c11-5-1-8-7-9-2-3-10(8)4-6-15(12,13)14/h8-9,11H,1-7H2,(H,12,13,14). The average molecular weight is 254 g/mol. The van der Waals surface area contributed by atoms with Crippen LogP contribution < -0.4 is 5.32 Å². The predicted octanol–water partition coefficient (Wildman–Crippen LogP) is -1.14. The van der Waals surface area contributed by atoms with E-state index in [4.69, 9.17) is 9.66 Å². The number of aliphatic hydroxyl groups is 1. The maximum Gasteiger partial charge on any atom is 0.142 e. The third-order valence-corrected chi connectivity index (χ3v) is 3.77. The molecule has 0 aromatic rings. The van der Waals surface area contributed by atoms with Gasteiger partial charge in [0.15, 0.2) is 0 Å². The highest BCUT2D eigenvalue weighted by molar-refractivity contribution is 8.29. The van der Waals surface area contributed by atoms with E-state index < -0.39 is 8.77 Å². The fraction of sp³-hybridized carbons (Fsp3) is 1.00. The normalized spacial score (nSPS) is 27.5. The molecule has 0 aromatic carbocycles. The molecule has 2 atom stereocenters. The lowest BCUT2D eigenvalue weighted by Gasteiger charge is -2.35. The molecule has 0 spiro atoms. The second-order valence-corrected chi connectivity index (χ2v) is 6.83. The van der Waals surface area contributed by atoms with Crippen LogP contribution in [0.15, 0.2) is 0 Å². The highest BCUT2D eigenvalue weighted by Crippen LogP contribution is 2.07. The number of aliphatic hydroxyl groups excluding tert-OH is 1. The molecule has 2 unspecified atom stereocenters. The highest BCUT2D eigenvalue weighted by Gasteiger charge is 2.21. The Morgan fingerprint density at radius 1 is 1.60 bits per heavy atom. The van der Waals surface area contributed by atoms with Crippen LogP contribution in [0.1, 0.15) is 6.42 Å². The van der Waals surface area contributed by atoms with E-state index in [1.165, 1.54) is 0 Å². The Morgan fingerprint density at radius 2 is 2.33 bits per heavy atom. The molecule has 0 radical (unpaired) electrons. The summed E-state index contributed by atoms with van der Waals surface area (Å²) in [6.45, 7) is 3.22. The third-order valence-electron chi connectivity index (χ3n) is 2.57. The van der Waals surface area contributed by atoms with Gasteiger partial charge in [-0.15, -0.1) is 0 Å². The summed E-state index contributed by atoms with van der Waals surface area (Å²) in [4.78, 5) is 2.12. The summed E-state index contributed by atoms with van der Waals surface area (Å²) in [5.41, 5.74) is 0. The maximum absolute atomic E-state index is 11.0. The van der Waals surface area contributed by atoms with Crippen molar-refractivity contribution in [2.24, 2.45) is 0 Å². The molecule has 0 aromatic heterocycles.